The van der Waals surface area contributed by atoms with Gasteiger partial charge in [-0.1, -0.05) is 24.0 Å². The summed E-state index contributed by atoms with van der Waals surface area (Å²) in [6.45, 7) is 2.94. The van der Waals surface area contributed by atoms with Gasteiger partial charge in [0, 0.05) is 23.4 Å². The molecule has 1 saturated heterocycles. The molecule has 1 atom stereocenters. The van der Waals surface area contributed by atoms with E-state index in [4.69, 9.17) is 5.73 Å². The summed E-state index contributed by atoms with van der Waals surface area (Å²) in [6, 6.07) is 16.0. The highest BCUT2D eigenvalue weighted by molar-refractivity contribution is 5.84. The summed E-state index contributed by atoms with van der Waals surface area (Å²) < 4.78 is 0. The summed E-state index contributed by atoms with van der Waals surface area (Å²) in [5.41, 5.74) is 9.70. The maximum Gasteiger partial charge on any atom is 0.240 e. The number of amides is 1. The molecule has 1 amide bonds. The fourth-order valence-corrected chi connectivity index (χ4v) is 2.97. The van der Waals surface area contributed by atoms with Crippen LogP contribution in [0.3, 0.4) is 0 Å². The third kappa shape index (κ3) is 3.54. The zero-order valence-electron chi connectivity index (χ0n) is 13.3. The van der Waals surface area contributed by atoms with Crippen molar-refractivity contribution in [3.63, 3.8) is 0 Å². The lowest BCUT2D eigenvalue weighted by Gasteiger charge is -2.24. The molecule has 0 radical (unpaired) electrons. The van der Waals surface area contributed by atoms with Gasteiger partial charge in [-0.25, -0.2) is 0 Å². The third-order valence-electron chi connectivity index (χ3n) is 4.15. The standard InChI is InChI=1S/C20H20N2O/c1-15-4-2-5-17(14-15)8-7-16-9-11-18(12-10-16)22-13-3-6-19(22)20(21)23/h2,4-5,9-12,14,19H,3,6,13H2,1H3,(H2,21,23)/t19-/m1/s1. The topological polar surface area (TPSA) is 46.3 Å². The first-order chi connectivity index (χ1) is 11.1. The van der Waals surface area contributed by atoms with E-state index in [1.165, 1.54) is 5.56 Å². The average Bonchev–Trinajstić information content (AvgIpc) is 3.03. The van der Waals surface area contributed by atoms with Crippen LogP contribution < -0.4 is 10.6 Å². The summed E-state index contributed by atoms with van der Waals surface area (Å²) in [5, 5.41) is 0. The normalized spacial score (nSPS) is 16.7. The summed E-state index contributed by atoms with van der Waals surface area (Å²) >= 11 is 0. The van der Waals surface area contributed by atoms with Gasteiger partial charge in [-0.2, -0.15) is 0 Å². The van der Waals surface area contributed by atoms with Crippen molar-refractivity contribution in [1.29, 1.82) is 0 Å². The Labute approximate surface area is 137 Å². The minimum atomic E-state index is -0.245. The second-order valence-corrected chi connectivity index (χ2v) is 5.92. The Bertz CT molecular complexity index is 768. The Hall–Kier alpha value is -2.73. The van der Waals surface area contributed by atoms with Gasteiger partial charge in [-0.05, 0) is 61.7 Å². The molecule has 0 unspecified atom stereocenters. The van der Waals surface area contributed by atoms with E-state index in [0.29, 0.717) is 0 Å². The van der Waals surface area contributed by atoms with Gasteiger partial charge in [0.05, 0.1) is 0 Å². The molecule has 0 aromatic heterocycles. The molecule has 0 spiro atoms. The van der Waals surface area contributed by atoms with Crippen LogP contribution in [-0.4, -0.2) is 18.5 Å². The zero-order valence-corrected chi connectivity index (χ0v) is 13.3. The van der Waals surface area contributed by atoms with Gasteiger partial charge >= 0.3 is 0 Å². The largest absolute Gasteiger partial charge is 0.368 e. The predicted octanol–water partition coefficient (Wildman–Crippen LogP) is 2.85. The number of rotatable bonds is 2. The lowest BCUT2D eigenvalue weighted by atomic mass is 10.1. The van der Waals surface area contributed by atoms with Crippen molar-refractivity contribution >= 4 is 11.6 Å². The Morgan fingerprint density at radius 1 is 1.13 bits per heavy atom. The predicted molar refractivity (Wildman–Crippen MR) is 93.2 cm³/mol. The van der Waals surface area contributed by atoms with Crippen molar-refractivity contribution in [3.05, 3.63) is 65.2 Å². The maximum atomic E-state index is 11.5. The molecule has 0 saturated carbocycles. The number of benzene rings is 2. The average molecular weight is 304 g/mol. The third-order valence-corrected chi connectivity index (χ3v) is 4.15. The molecule has 2 N–H and O–H groups in total. The molecule has 2 aromatic carbocycles. The van der Waals surface area contributed by atoms with Crippen LogP contribution in [-0.2, 0) is 4.79 Å². The quantitative estimate of drug-likeness (QED) is 0.867. The highest BCUT2D eigenvalue weighted by Crippen LogP contribution is 2.25. The van der Waals surface area contributed by atoms with Crippen molar-refractivity contribution in [1.82, 2.24) is 0 Å². The number of hydrogen-bond acceptors (Lipinski definition) is 2. The van der Waals surface area contributed by atoms with Crippen LogP contribution in [0.15, 0.2) is 48.5 Å². The number of primary amides is 1. The Morgan fingerprint density at radius 3 is 2.57 bits per heavy atom. The Balaban J connectivity index is 1.77. The van der Waals surface area contributed by atoms with Gasteiger partial charge in [0.25, 0.3) is 0 Å². The molecule has 23 heavy (non-hydrogen) atoms. The van der Waals surface area contributed by atoms with Gasteiger partial charge < -0.3 is 10.6 Å². The van der Waals surface area contributed by atoms with Gasteiger partial charge in [-0.15, -0.1) is 0 Å². The second kappa shape index (κ2) is 6.58. The molecule has 1 fully saturated rings. The van der Waals surface area contributed by atoms with Crippen LogP contribution >= 0.6 is 0 Å². The van der Waals surface area contributed by atoms with E-state index in [9.17, 15) is 4.79 Å². The molecule has 0 aliphatic carbocycles. The summed E-state index contributed by atoms with van der Waals surface area (Å²) in [7, 11) is 0. The highest BCUT2D eigenvalue weighted by atomic mass is 16.1. The minimum Gasteiger partial charge on any atom is -0.368 e. The molecule has 3 nitrogen and oxygen atoms in total. The van der Waals surface area contributed by atoms with E-state index in [2.05, 4.69) is 35.8 Å². The van der Waals surface area contributed by atoms with Crippen LogP contribution in [0.25, 0.3) is 0 Å². The highest BCUT2D eigenvalue weighted by Gasteiger charge is 2.28. The fraction of sp³-hybridized carbons (Fsp3) is 0.250. The molecule has 1 heterocycles. The first-order valence-electron chi connectivity index (χ1n) is 7.88. The van der Waals surface area contributed by atoms with Crippen LogP contribution in [0.4, 0.5) is 5.69 Å². The van der Waals surface area contributed by atoms with Crippen LogP contribution in [0.5, 0.6) is 0 Å². The minimum absolute atomic E-state index is 0.181. The number of carbonyl (C=O) groups is 1. The number of nitrogens with two attached hydrogens (primary N) is 1. The van der Waals surface area contributed by atoms with Gasteiger partial charge in [0.15, 0.2) is 0 Å². The SMILES string of the molecule is Cc1cccc(C#Cc2ccc(N3CCC[C@@H]3C(N)=O)cc2)c1. The molecule has 1 aliphatic heterocycles. The van der Waals surface area contributed by atoms with Crippen molar-refractivity contribution in [2.24, 2.45) is 5.73 Å². The van der Waals surface area contributed by atoms with E-state index in [-0.39, 0.29) is 11.9 Å². The van der Waals surface area contributed by atoms with E-state index in [1.807, 2.05) is 36.4 Å². The Kier molecular flexibility index (Phi) is 4.34. The fourth-order valence-electron chi connectivity index (χ4n) is 2.97. The van der Waals surface area contributed by atoms with Gasteiger partial charge in [0.2, 0.25) is 5.91 Å². The number of nitrogens with zero attached hydrogens (tertiary/aromatic N) is 1. The lowest BCUT2D eigenvalue weighted by molar-refractivity contribution is -0.119. The molecule has 0 bridgehead atoms. The Morgan fingerprint density at radius 2 is 1.87 bits per heavy atom. The second-order valence-electron chi connectivity index (χ2n) is 5.92. The zero-order chi connectivity index (χ0) is 16.2. The molecular formula is C20H20N2O. The number of anilines is 1. The van der Waals surface area contributed by atoms with E-state index < -0.39 is 0 Å². The van der Waals surface area contributed by atoms with E-state index in [1.54, 1.807) is 0 Å². The molecule has 1 aliphatic rings. The van der Waals surface area contributed by atoms with E-state index >= 15 is 0 Å². The van der Waals surface area contributed by atoms with Crippen molar-refractivity contribution in [2.75, 3.05) is 11.4 Å². The number of carbonyl (C=O) groups excluding carboxylic acids is 1. The maximum absolute atomic E-state index is 11.5. The van der Waals surface area contributed by atoms with E-state index in [0.717, 1.165) is 36.2 Å². The summed E-state index contributed by atoms with van der Waals surface area (Å²) in [6.07, 6.45) is 1.84. The van der Waals surface area contributed by atoms with Crippen LogP contribution in [0, 0.1) is 18.8 Å². The van der Waals surface area contributed by atoms with Crippen LogP contribution in [0.2, 0.25) is 0 Å². The number of aryl methyl sites for hydroxylation is 1. The summed E-state index contributed by atoms with van der Waals surface area (Å²) in [4.78, 5) is 13.6. The van der Waals surface area contributed by atoms with Crippen molar-refractivity contribution in [2.45, 2.75) is 25.8 Å². The molecular weight excluding hydrogens is 284 g/mol. The van der Waals surface area contributed by atoms with Crippen molar-refractivity contribution < 1.29 is 4.79 Å². The molecule has 3 rings (SSSR count). The first-order valence-corrected chi connectivity index (χ1v) is 7.88. The van der Waals surface area contributed by atoms with Gasteiger partial charge in [-0.3, -0.25) is 4.79 Å². The van der Waals surface area contributed by atoms with Gasteiger partial charge in [0.1, 0.15) is 6.04 Å². The van der Waals surface area contributed by atoms with Crippen LogP contribution in [0.1, 0.15) is 29.5 Å². The molecule has 3 heteroatoms. The van der Waals surface area contributed by atoms with Crippen molar-refractivity contribution in [3.8, 4) is 11.8 Å². The molecule has 116 valence electrons. The first kappa shape index (κ1) is 15.2. The summed E-state index contributed by atoms with van der Waals surface area (Å²) in [5.74, 6) is 6.12. The molecule has 2 aromatic rings. The number of hydrogen-bond donors (Lipinski definition) is 1. The smallest absolute Gasteiger partial charge is 0.240 e. The monoisotopic (exact) mass is 304 g/mol. The lowest BCUT2D eigenvalue weighted by Crippen LogP contribution is -2.40.